The van der Waals surface area contributed by atoms with Gasteiger partial charge in [0, 0.05) is 18.4 Å². The molecule has 2 aromatic carbocycles. The SMILES string of the molecule is CC[C@@H]1C[C@H]1NC(=O)C(CCC(=O)O)NC(=O)OCC1c2ccccc2-c2ccccc21. The first-order valence-electron chi connectivity index (χ1n) is 11.1. The fraction of sp³-hybridized carbons (Fsp3) is 0.400. The quantitative estimate of drug-likeness (QED) is 0.556. The monoisotopic (exact) mass is 436 g/mol. The van der Waals surface area contributed by atoms with Crippen molar-refractivity contribution in [1.82, 2.24) is 10.6 Å². The molecule has 3 atom stereocenters. The molecule has 2 amide bonds. The van der Waals surface area contributed by atoms with Crippen molar-refractivity contribution in [2.75, 3.05) is 6.61 Å². The summed E-state index contributed by atoms with van der Waals surface area (Å²) in [6.07, 6.45) is 0.960. The molecule has 0 heterocycles. The van der Waals surface area contributed by atoms with Gasteiger partial charge < -0.3 is 20.5 Å². The molecule has 0 radical (unpaired) electrons. The number of benzene rings is 2. The standard InChI is InChI=1S/C25H28N2O5/c1-2-15-13-22(15)26-24(30)21(11-12-23(28)29)27-25(31)32-14-20-18-9-5-3-7-16(18)17-8-4-6-10-19(17)20/h3-10,15,20-22H,2,11-14H2,1H3,(H,26,30)(H,27,31)(H,28,29)/t15-,21?,22-/m1/s1. The number of alkyl carbamates (subject to hydrolysis) is 1. The molecule has 2 aliphatic carbocycles. The molecule has 2 aliphatic rings. The van der Waals surface area contributed by atoms with Crippen LogP contribution >= 0.6 is 0 Å². The van der Waals surface area contributed by atoms with Gasteiger partial charge in [-0.1, -0.05) is 61.9 Å². The number of hydrogen-bond acceptors (Lipinski definition) is 4. The number of carbonyl (C=O) groups excluding carboxylic acids is 2. The van der Waals surface area contributed by atoms with Gasteiger partial charge in [-0.3, -0.25) is 9.59 Å². The van der Waals surface area contributed by atoms with Crippen LogP contribution in [0, 0.1) is 5.92 Å². The van der Waals surface area contributed by atoms with Crippen LogP contribution in [0.2, 0.25) is 0 Å². The Bertz CT molecular complexity index is 975. The van der Waals surface area contributed by atoms with Crippen molar-refractivity contribution in [3.8, 4) is 11.1 Å². The number of carbonyl (C=O) groups is 3. The number of nitrogens with one attached hydrogen (secondary N) is 2. The minimum Gasteiger partial charge on any atom is -0.481 e. The lowest BCUT2D eigenvalue weighted by atomic mass is 9.98. The van der Waals surface area contributed by atoms with E-state index in [0.717, 1.165) is 35.1 Å². The van der Waals surface area contributed by atoms with E-state index in [1.807, 2.05) is 36.4 Å². The zero-order valence-electron chi connectivity index (χ0n) is 18.0. The summed E-state index contributed by atoms with van der Waals surface area (Å²) < 4.78 is 5.51. The number of aliphatic carboxylic acids is 1. The van der Waals surface area contributed by atoms with Crippen molar-refractivity contribution >= 4 is 18.0 Å². The molecule has 3 N–H and O–H groups in total. The lowest BCUT2D eigenvalue weighted by Crippen LogP contribution is -2.48. The van der Waals surface area contributed by atoms with E-state index in [1.165, 1.54) is 0 Å². The highest BCUT2D eigenvalue weighted by atomic mass is 16.5. The van der Waals surface area contributed by atoms with E-state index in [-0.39, 0.29) is 37.3 Å². The molecule has 0 bridgehead atoms. The second-order valence-electron chi connectivity index (χ2n) is 8.47. The number of rotatable bonds is 9. The molecule has 32 heavy (non-hydrogen) atoms. The predicted octanol–water partition coefficient (Wildman–Crippen LogP) is 3.67. The average Bonchev–Trinajstić information content (AvgIpc) is 3.47. The Kier molecular flexibility index (Phi) is 6.44. The zero-order chi connectivity index (χ0) is 22.7. The van der Waals surface area contributed by atoms with Gasteiger partial charge in [0.2, 0.25) is 5.91 Å². The largest absolute Gasteiger partial charge is 0.481 e. The smallest absolute Gasteiger partial charge is 0.407 e. The van der Waals surface area contributed by atoms with E-state index in [0.29, 0.717) is 5.92 Å². The zero-order valence-corrected chi connectivity index (χ0v) is 18.0. The first-order valence-corrected chi connectivity index (χ1v) is 11.1. The molecule has 7 nitrogen and oxygen atoms in total. The highest BCUT2D eigenvalue weighted by Crippen LogP contribution is 2.44. The molecule has 168 valence electrons. The van der Waals surface area contributed by atoms with E-state index < -0.39 is 18.1 Å². The van der Waals surface area contributed by atoms with Crippen molar-refractivity contribution in [2.24, 2.45) is 5.92 Å². The molecule has 0 aromatic heterocycles. The molecule has 0 saturated heterocycles. The number of hydrogen-bond donors (Lipinski definition) is 3. The van der Waals surface area contributed by atoms with E-state index >= 15 is 0 Å². The molecular formula is C25H28N2O5. The van der Waals surface area contributed by atoms with Crippen LogP contribution in [0.1, 0.15) is 49.7 Å². The lowest BCUT2D eigenvalue weighted by molar-refractivity contribution is -0.137. The molecule has 0 aliphatic heterocycles. The fourth-order valence-corrected chi connectivity index (χ4v) is 4.48. The van der Waals surface area contributed by atoms with Gasteiger partial charge >= 0.3 is 12.1 Å². The summed E-state index contributed by atoms with van der Waals surface area (Å²) in [6.45, 7) is 2.20. The number of carboxylic acids is 1. The Morgan fingerprint density at radius 1 is 1.06 bits per heavy atom. The van der Waals surface area contributed by atoms with E-state index in [4.69, 9.17) is 9.84 Å². The third-order valence-corrected chi connectivity index (χ3v) is 6.37. The summed E-state index contributed by atoms with van der Waals surface area (Å²) in [6, 6.07) is 15.2. The van der Waals surface area contributed by atoms with E-state index in [2.05, 4.69) is 29.7 Å². The Morgan fingerprint density at radius 3 is 2.25 bits per heavy atom. The molecule has 1 saturated carbocycles. The van der Waals surface area contributed by atoms with Crippen molar-refractivity contribution in [3.63, 3.8) is 0 Å². The first-order chi connectivity index (χ1) is 15.5. The van der Waals surface area contributed by atoms with Gasteiger partial charge in [0.05, 0.1) is 0 Å². The average molecular weight is 437 g/mol. The number of ether oxygens (including phenoxy) is 1. The molecule has 1 unspecified atom stereocenters. The lowest BCUT2D eigenvalue weighted by Gasteiger charge is -2.19. The van der Waals surface area contributed by atoms with Crippen LogP contribution in [-0.2, 0) is 14.3 Å². The van der Waals surface area contributed by atoms with Gasteiger partial charge in [0.15, 0.2) is 0 Å². The molecule has 2 aromatic rings. The summed E-state index contributed by atoms with van der Waals surface area (Å²) in [4.78, 5) is 36.2. The highest BCUT2D eigenvalue weighted by Gasteiger charge is 2.38. The van der Waals surface area contributed by atoms with Gasteiger partial charge in [0.25, 0.3) is 0 Å². The van der Waals surface area contributed by atoms with E-state index in [1.54, 1.807) is 0 Å². The Labute approximate surface area is 187 Å². The minimum absolute atomic E-state index is 0.00880. The topological polar surface area (TPSA) is 105 Å². The fourth-order valence-electron chi connectivity index (χ4n) is 4.48. The van der Waals surface area contributed by atoms with Crippen LogP contribution in [0.25, 0.3) is 11.1 Å². The number of fused-ring (bicyclic) bond motifs is 3. The third-order valence-electron chi connectivity index (χ3n) is 6.37. The van der Waals surface area contributed by atoms with Crippen molar-refractivity contribution < 1.29 is 24.2 Å². The van der Waals surface area contributed by atoms with Gasteiger partial charge in [-0.25, -0.2) is 4.79 Å². The molecule has 1 fully saturated rings. The van der Waals surface area contributed by atoms with Gasteiger partial charge in [0.1, 0.15) is 12.6 Å². The van der Waals surface area contributed by atoms with Crippen LogP contribution in [0.5, 0.6) is 0 Å². The van der Waals surface area contributed by atoms with Gasteiger partial charge in [-0.15, -0.1) is 0 Å². The summed E-state index contributed by atoms with van der Waals surface area (Å²) in [7, 11) is 0. The van der Waals surface area contributed by atoms with Crippen molar-refractivity contribution in [3.05, 3.63) is 59.7 Å². The maximum atomic E-state index is 12.6. The predicted molar refractivity (Wildman–Crippen MR) is 119 cm³/mol. The number of amides is 2. The molecule has 0 spiro atoms. The normalized spacial score (nSPS) is 19.4. The second-order valence-corrected chi connectivity index (χ2v) is 8.47. The van der Waals surface area contributed by atoms with Crippen LogP contribution in [0.15, 0.2) is 48.5 Å². The highest BCUT2D eigenvalue weighted by molar-refractivity contribution is 5.86. The maximum absolute atomic E-state index is 12.6. The Morgan fingerprint density at radius 2 is 1.69 bits per heavy atom. The minimum atomic E-state index is -1.02. The molecular weight excluding hydrogens is 408 g/mol. The third kappa shape index (κ3) is 4.77. The van der Waals surface area contributed by atoms with Crippen molar-refractivity contribution in [2.45, 2.75) is 50.6 Å². The Balaban J connectivity index is 1.39. The Hall–Kier alpha value is -3.35. The summed E-state index contributed by atoms with van der Waals surface area (Å²) >= 11 is 0. The molecule has 4 rings (SSSR count). The summed E-state index contributed by atoms with van der Waals surface area (Å²) in [5.41, 5.74) is 4.46. The van der Waals surface area contributed by atoms with Crippen LogP contribution in [-0.4, -0.2) is 41.8 Å². The van der Waals surface area contributed by atoms with E-state index in [9.17, 15) is 14.4 Å². The molecule has 7 heteroatoms. The van der Waals surface area contributed by atoms with Gasteiger partial charge in [-0.05, 0) is 41.0 Å². The number of carboxylic acid groups (broad SMARTS) is 1. The summed E-state index contributed by atoms with van der Waals surface area (Å²) in [5, 5.41) is 14.5. The van der Waals surface area contributed by atoms with Crippen LogP contribution in [0.3, 0.4) is 0 Å². The van der Waals surface area contributed by atoms with Crippen molar-refractivity contribution in [1.29, 1.82) is 0 Å². The maximum Gasteiger partial charge on any atom is 0.407 e. The van der Waals surface area contributed by atoms with Gasteiger partial charge in [-0.2, -0.15) is 0 Å². The first kappa shape index (κ1) is 21.9. The second kappa shape index (κ2) is 9.42. The van der Waals surface area contributed by atoms with Crippen LogP contribution < -0.4 is 10.6 Å². The van der Waals surface area contributed by atoms with Crippen LogP contribution in [0.4, 0.5) is 4.79 Å². The summed E-state index contributed by atoms with van der Waals surface area (Å²) in [5.74, 6) is -1.01.